The molecule has 0 aliphatic carbocycles. The maximum absolute atomic E-state index is 12.5. The first kappa shape index (κ1) is 47.2. The molecule has 49 heavy (non-hydrogen) atoms. The van der Waals surface area contributed by atoms with E-state index in [0.29, 0.717) is 12.8 Å². The van der Waals surface area contributed by atoms with Crippen LogP contribution in [0.2, 0.25) is 0 Å². The van der Waals surface area contributed by atoms with Crippen LogP contribution in [-0.2, 0) is 32.7 Å². The Bertz CT molecular complexity index is 907. The minimum Gasteiger partial charge on any atom is -0.462 e. The van der Waals surface area contributed by atoms with Gasteiger partial charge in [0.25, 0.3) is 0 Å². The number of nitrogens with two attached hydrogens (primary N) is 1. The molecule has 2 atom stereocenters. The van der Waals surface area contributed by atoms with Crippen LogP contribution in [0, 0.1) is 0 Å². The molecular weight excluding hydrogens is 641 g/mol. The van der Waals surface area contributed by atoms with Crippen molar-refractivity contribution in [2.24, 2.45) is 5.73 Å². The van der Waals surface area contributed by atoms with E-state index >= 15 is 0 Å². The Hall–Kier alpha value is -1.77. The Morgan fingerprint density at radius 2 is 1.06 bits per heavy atom. The van der Waals surface area contributed by atoms with Gasteiger partial charge in [0.05, 0.1) is 13.2 Å². The summed E-state index contributed by atoms with van der Waals surface area (Å²) in [6.07, 6.45) is 37.5. The number of carbonyl (C=O) groups excluding carboxylic acids is 2. The monoisotopic (exact) mass is 713 g/mol. The molecule has 10 heteroatoms. The zero-order chi connectivity index (χ0) is 36.1. The average Bonchev–Trinajstić information content (AvgIpc) is 3.08. The van der Waals surface area contributed by atoms with Crippen LogP contribution in [0.1, 0.15) is 168 Å². The summed E-state index contributed by atoms with van der Waals surface area (Å²) in [7, 11) is -4.38. The lowest BCUT2D eigenvalue weighted by atomic mass is 10.1. The number of ether oxygens (including phenoxy) is 2. The van der Waals surface area contributed by atoms with Crippen molar-refractivity contribution < 1.29 is 37.6 Å². The van der Waals surface area contributed by atoms with Crippen LogP contribution in [0.4, 0.5) is 0 Å². The molecule has 0 aliphatic rings. The van der Waals surface area contributed by atoms with Gasteiger partial charge in [-0.25, -0.2) is 4.57 Å². The second-order valence-corrected chi connectivity index (χ2v) is 14.2. The summed E-state index contributed by atoms with van der Waals surface area (Å²) in [5.74, 6) is -0.887. The average molecular weight is 714 g/mol. The van der Waals surface area contributed by atoms with Crippen LogP contribution in [0.5, 0.6) is 0 Å². The summed E-state index contributed by atoms with van der Waals surface area (Å²) >= 11 is 0. The van der Waals surface area contributed by atoms with E-state index in [9.17, 15) is 19.0 Å². The van der Waals surface area contributed by atoms with Crippen LogP contribution < -0.4 is 5.73 Å². The molecule has 0 spiro atoms. The molecule has 0 heterocycles. The topological polar surface area (TPSA) is 134 Å². The zero-order valence-corrected chi connectivity index (χ0v) is 32.1. The van der Waals surface area contributed by atoms with Crippen molar-refractivity contribution in [2.45, 2.75) is 174 Å². The lowest BCUT2D eigenvalue weighted by molar-refractivity contribution is -0.161. The Balaban J connectivity index is 4.30. The first-order valence-corrected chi connectivity index (χ1v) is 21.0. The van der Waals surface area contributed by atoms with E-state index in [4.69, 9.17) is 24.3 Å². The highest BCUT2D eigenvalue weighted by Gasteiger charge is 2.25. The molecule has 0 bridgehead atoms. The summed E-state index contributed by atoms with van der Waals surface area (Å²) in [6, 6.07) is 0. The van der Waals surface area contributed by atoms with Crippen molar-refractivity contribution in [1.29, 1.82) is 0 Å². The third kappa shape index (κ3) is 35.8. The number of hydrogen-bond acceptors (Lipinski definition) is 8. The Morgan fingerprint density at radius 3 is 1.61 bits per heavy atom. The van der Waals surface area contributed by atoms with E-state index in [1.165, 1.54) is 77.0 Å². The quantitative estimate of drug-likeness (QED) is 0.0281. The number of phosphoric ester groups is 1. The first-order chi connectivity index (χ1) is 23.8. The molecule has 286 valence electrons. The van der Waals surface area contributed by atoms with Gasteiger partial charge in [-0.3, -0.25) is 18.6 Å². The van der Waals surface area contributed by atoms with Crippen molar-refractivity contribution in [3.05, 3.63) is 36.5 Å². The zero-order valence-electron chi connectivity index (χ0n) is 31.2. The van der Waals surface area contributed by atoms with E-state index < -0.39 is 32.5 Å². The SMILES string of the molecule is CCCCCCCC/C=C/C/C=C/CCCCC(=O)O[C@H](COC(=O)CCCCC/C=C/CCCCCCCC)COP(=O)(O)OCCN. The van der Waals surface area contributed by atoms with E-state index in [0.717, 1.165) is 51.4 Å². The van der Waals surface area contributed by atoms with Crippen LogP contribution in [0.3, 0.4) is 0 Å². The van der Waals surface area contributed by atoms with Gasteiger partial charge in [0.15, 0.2) is 6.10 Å². The van der Waals surface area contributed by atoms with E-state index in [-0.39, 0.29) is 32.6 Å². The minimum atomic E-state index is -4.38. The molecule has 0 saturated carbocycles. The number of hydrogen-bond donors (Lipinski definition) is 2. The maximum atomic E-state index is 12.5. The summed E-state index contributed by atoms with van der Waals surface area (Å²) < 4.78 is 32.6. The van der Waals surface area contributed by atoms with E-state index in [1.807, 2.05) is 0 Å². The Kier molecular flexibility index (Phi) is 34.7. The number of unbranched alkanes of at least 4 members (excludes halogenated alkanes) is 17. The third-order valence-corrected chi connectivity index (χ3v) is 8.98. The lowest BCUT2D eigenvalue weighted by Gasteiger charge is -2.19. The van der Waals surface area contributed by atoms with Crippen molar-refractivity contribution in [2.75, 3.05) is 26.4 Å². The van der Waals surface area contributed by atoms with Crippen molar-refractivity contribution in [3.63, 3.8) is 0 Å². The van der Waals surface area contributed by atoms with Crippen LogP contribution in [-0.4, -0.2) is 49.3 Å². The molecule has 3 N–H and O–H groups in total. The molecule has 0 aromatic heterocycles. The van der Waals surface area contributed by atoms with Gasteiger partial charge >= 0.3 is 19.8 Å². The van der Waals surface area contributed by atoms with Gasteiger partial charge < -0.3 is 20.1 Å². The van der Waals surface area contributed by atoms with Gasteiger partial charge in [-0.1, -0.05) is 121 Å². The molecule has 1 unspecified atom stereocenters. The molecule has 9 nitrogen and oxygen atoms in total. The van der Waals surface area contributed by atoms with Gasteiger partial charge in [-0.05, 0) is 70.6 Å². The smallest absolute Gasteiger partial charge is 0.462 e. The molecule has 0 rings (SSSR count). The highest BCUT2D eigenvalue weighted by Crippen LogP contribution is 2.43. The second kappa shape index (κ2) is 36.0. The van der Waals surface area contributed by atoms with Gasteiger partial charge in [-0.2, -0.15) is 0 Å². The van der Waals surface area contributed by atoms with Crippen molar-refractivity contribution >= 4 is 19.8 Å². The number of esters is 2. The predicted octanol–water partition coefficient (Wildman–Crippen LogP) is 10.6. The van der Waals surface area contributed by atoms with Gasteiger partial charge in [0.1, 0.15) is 6.61 Å². The number of carbonyl (C=O) groups is 2. The van der Waals surface area contributed by atoms with Crippen LogP contribution >= 0.6 is 7.82 Å². The number of rotatable bonds is 36. The molecule has 0 saturated heterocycles. The van der Waals surface area contributed by atoms with Crippen LogP contribution in [0.15, 0.2) is 36.5 Å². The molecule has 0 aromatic carbocycles. The first-order valence-electron chi connectivity index (χ1n) is 19.5. The third-order valence-electron chi connectivity index (χ3n) is 8.00. The van der Waals surface area contributed by atoms with Gasteiger partial charge in [0.2, 0.25) is 0 Å². The predicted molar refractivity (Wildman–Crippen MR) is 201 cm³/mol. The highest BCUT2D eigenvalue weighted by atomic mass is 31.2. The molecule has 0 amide bonds. The standard InChI is InChI=1S/C39H72NO8P/c1-3-5-7-9-11-13-15-17-18-20-22-24-26-28-30-32-39(42)48-37(36-47-49(43,44)46-34-33-40)35-45-38(41)31-29-27-25-23-21-19-16-14-12-10-8-6-4-2/h17-19,21-22,24,37H,3-16,20,23,25-36,40H2,1-2H3,(H,43,44)/b18-17+,21-19+,24-22+/t37-/m1/s1. The van der Waals surface area contributed by atoms with Gasteiger partial charge in [-0.15, -0.1) is 0 Å². The molecule has 0 aliphatic heterocycles. The molecular formula is C39H72NO8P. The van der Waals surface area contributed by atoms with Crippen molar-refractivity contribution in [3.8, 4) is 0 Å². The summed E-state index contributed by atoms with van der Waals surface area (Å²) in [6.45, 7) is 3.65. The Morgan fingerprint density at radius 1 is 0.612 bits per heavy atom. The van der Waals surface area contributed by atoms with Crippen molar-refractivity contribution in [1.82, 2.24) is 0 Å². The fourth-order valence-electron chi connectivity index (χ4n) is 5.07. The van der Waals surface area contributed by atoms with Gasteiger partial charge in [0, 0.05) is 19.4 Å². The molecule has 0 radical (unpaired) electrons. The molecule has 0 aromatic rings. The van der Waals surface area contributed by atoms with Crippen LogP contribution in [0.25, 0.3) is 0 Å². The Labute approximate surface area is 299 Å². The fraction of sp³-hybridized carbons (Fsp3) is 0.795. The fourth-order valence-corrected chi connectivity index (χ4v) is 5.83. The molecule has 0 fully saturated rings. The second-order valence-electron chi connectivity index (χ2n) is 12.8. The lowest BCUT2D eigenvalue weighted by Crippen LogP contribution is -2.29. The van der Waals surface area contributed by atoms with E-state index in [1.54, 1.807) is 0 Å². The normalized spacial score (nSPS) is 13.8. The number of phosphoric acid groups is 1. The summed E-state index contributed by atoms with van der Waals surface area (Å²) in [4.78, 5) is 34.7. The maximum Gasteiger partial charge on any atom is 0.472 e. The summed E-state index contributed by atoms with van der Waals surface area (Å²) in [5, 5.41) is 0. The van der Waals surface area contributed by atoms with E-state index in [2.05, 4.69) is 50.3 Å². The summed E-state index contributed by atoms with van der Waals surface area (Å²) in [5.41, 5.74) is 5.33. The highest BCUT2D eigenvalue weighted by molar-refractivity contribution is 7.47. The number of allylic oxidation sites excluding steroid dienone is 6. The largest absolute Gasteiger partial charge is 0.472 e. The minimum absolute atomic E-state index is 0.0462.